The molecule has 0 bridgehead atoms. The van der Waals surface area contributed by atoms with Crippen LogP contribution in [0.3, 0.4) is 0 Å². The van der Waals surface area contributed by atoms with Gasteiger partial charge < -0.3 is 5.32 Å². The first-order chi connectivity index (χ1) is 9.18. The highest BCUT2D eigenvalue weighted by molar-refractivity contribution is 5.32. The smallest absolute Gasteiger partial charge is 0.0210 e. The van der Waals surface area contributed by atoms with E-state index in [0.29, 0.717) is 6.04 Å². The fraction of sp³-hybridized carbons (Fsp3) is 0.667. The standard InChI is InChI=1S/C18H29N/c1-14-9-8-12-18(15(14)2)13-19-16(3)17-10-6-4-5-7-11-17/h8-9,12,16-17,19H,4-7,10-11,13H2,1-3H3/t16-/m1/s1. The third kappa shape index (κ3) is 4.07. The lowest BCUT2D eigenvalue weighted by Gasteiger charge is -2.24. The van der Waals surface area contributed by atoms with Crippen molar-refractivity contribution in [3.8, 4) is 0 Å². The van der Waals surface area contributed by atoms with E-state index < -0.39 is 0 Å². The second-order valence-corrected chi connectivity index (χ2v) is 6.28. The maximum atomic E-state index is 3.76. The summed E-state index contributed by atoms with van der Waals surface area (Å²) in [7, 11) is 0. The van der Waals surface area contributed by atoms with E-state index in [4.69, 9.17) is 0 Å². The molecule has 0 amide bonds. The highest BCUT2D eigenvalue weighted by Gasteiger charge is 2.18. The normalized spacial score (nSPS) is 19.1. The SMILES string of the molecule is Cc1cccc(CN[C@H](C)C2CCCCCC2)c1C. The third-order valence-electron chi connectivity index (χ3n) is 4.94. The molecule has 106 valence electrons. The lowest BCUT2D eigenvalue weighted by Crippen LogP contribution is -2.33. The summed E-state index contributed by atoms with van der Waals surface area (Å²) < 4.78 is 0. The summed E-state index contributed by atoms with van der Waals surface area (Å²) in [6.07, 6.45) is 8.59. The van der Waals surface area contributed by atoms with Crippen LogP contribution >= 0.6 is 0 Å². The van der Waals surface area contributed by atoms with E-state index in [-0.39, 0.29) is 0 Å². The first kappa shape index (κ1) is 14.6. The van der Waals surface area contributed by atoms with Gasteiger partial charge in [0, 0.05) is 12.6 Å². The Morgan fingerprint density at radius 2 is 1.79 bits per heavy atom. The van der Waals surface area contributed by atoms with Crippen LogP contribution < -0.4 is 5.32 Å². The molecule has 0 heterocycles. The second kappa shape index (κ2) is 7.09. The Morgan fingerprint density at radius 1 is 1.11 bits per heavy atom. The summed E-state index contributed by atoms with van der Waals surface area (Å²) in [5.41, 5.74) is 4.31. The molecule has 2 rings (SSSR count). The summed E-state index contributed by atoms with van der Waals surface area (Å²) in [6, 6.07) is 7.29. The minimum atomic E-state index is 0.651. The number of benzene rings is 1. The van der Waals surface area contributed by atoms with Crippen molar-refractivity contribution in [1.82, 2.24) is 5.32 Å². The van der Waals surface area contributed by atoms with Crippen LogP contribution in [0.15, 0.2) is 18.2 Å². The Morgan fingerprint density at radius 3 is 2.47 bits per heavy atom. The van der Waals surface area contributed by atoms with Gasteiger partial charge >= 0.3 is 0 Å². The maximum absolute atomic E-state index is 3.76. The molecule has 1 fully saturated rings. The summed E-state index contributed by atoms with van der Waals surface area (Å²) in [5, 5.41) is 3.76. The van der Waals surface area contributed by atoms with E-state index in [0.717, 1.165) is 12.5 Å². The molecule has 19 heavy (non-hydrogen) atoms. The van der Waals surface area contributed by atoms with Crippen molar-refractivity contribution in [2.24, 2.45) is 5.92 Å². The number of hydrogen-bond donors (Lipinski definition) is 1. The van der Waals surface area contributed by atoms with Crippen LogP contribution in [-0.2, 0) is 6.54 Å². The number of nitrogens with one attached hydrogen (secondary N) is 1. The highest BCUT2D eigenvalue weighted by atomic mass is 14.9. The first-order valence-corrected chi connectivity index (χ1v) is 7.97. The quantitative estimate of drug-likeness (QED) is 0.769. The molecule has 1 heteroatoms. The molecule has 1 aromatic rings. The van der Waals surface area contributed by atoms with Crippen LogP contribution in [-0.4, -0.2) is 6.04 Å². The van der Waals surface area contributed by atoms with E-state index in [2.05, 4.69) is 44.3 Å². The summed E-state index contributed by atoms with van der Waals surface area (Å²) in [4.78, 5) is 0. The zero-order valence-corrected chi connectivity index (χ0v) is 12.8. The molecular formula is C18H29N. The minimum absolute atomic E-state index is 0.651. The lowest BCUT2D eigenvalue weighted by atomic mass is 9.92. The monoisotopic (exact) mass is 259 g/mol. The fourth-order valence-electron chi connectivity index (χ4n) is 3.25. The van der Waals surface area contributed by atoms with Gasteiger partial charge in [-0.25, -0.2) is 0 Å². The third-order valence-corrected chi connectivity index (χ3v) is 4.94. The van der Waals surface area contributed by atoms with E-state index in [9.17, 15) is 0 Å². The number of rotatable bonds is 4. The molecule has 1 saturated carbocycles. The minimum Gasteiger partial charge on any atom is -0.310 e. The van der Waals surface area contributed by atoms with Gasteiger partial charge in [-0.1, -0.05) is 43.9 Å². The van der Waals surface area contributed by atoms with Gasteiger partial charge in [-0.2, -0.15) is 0 Å². The summed E-state index contributed by atoms with van der Waals surface area (Å²) in [6.45, 7) is 7.84. The van der Waals surface area contributed by atoms with Crippen LogP contribution in [0.5, 0.6) is 0 Å². The fourth-order valence-corrected chi connectivity index (χ4v) is 3.25. The van der Waals surface area contributed by atoms with Crippen molar-refractivity contribution in [1.29, 1.82) is 0 Å². The largest absolute Gasteiger partial charge is 0.310 e. The highest BCUT2D eigenvalue weighted by Crippen LogP contribution is 2.25. The zero-order chi connectivity index (χ0) is 13.7. The van der Waals surface area contributed by atoms with Crippen LogP contribution in [0.25, 0.3) is 0 Å². The Balaban J connectivity index is 1.88. The predicted octanol–water partition coefficient (Wildman–Crippen LogP) is 4.75. The van der Waals surface area contributed by atoms with Crippen LogP contribution in [0, 0.1) is 19.8 Å². The van der Waals surface area contributed by atoms with Gasteiger partial charge in [-0.3, -0.25) is 0 Å². The molecule has 1 aromatic carbocycles. The zero-order valence-electron chi connectivity index (χ0n) is 12.8. The van der Waals surface area contributed by atoms with Crippen molar-refractivity contribution < 1.29 is 0 Å². The Bertz CT molecular complexity index is 389. The van der Waals surface area contributed by atoms with Gasteiger partial charge in [0.1, 0.15) is 0 Å². The molecule has 1 aliphatic carbocycles. The van der Waals surface area contributed by atoms with E-state index in [1.807, 2.05) is 0 Å². The van der Waals surface area contributed by atoms with Crippen molar-refractivity contribution in [3.05, 3.63) is 34.9 Å². The van der Waals surface area contributed by atoms with E-state index >= 15 is 0 Å². The Hall–Kier alpha value is -0.820. The molecule has 0 aliphatic heterocycles. The van der Waals surface area contributed by atoms with Crippen molar-refractivity contribution in [2.45, 2.75) is 71.9 Å². The van der Waals surface area contributed by atoms with Gasteiger partial charge in [0.2, 0.25) is 0 Å². The second-order valence-electron chi connectivity index (χ2n) is 6.28. The molecule has 0 radical (unpaired) electrons. The van der Waals surface area contributed by atoms with Gasteiger partial charge in [0.25, 0.3) is 0 Å². The van der Waals surface area contributed by atoms with Crippen molar-refractivity contribution in [2.75, 3.05) is 0 Å². The summed E-state index contributed by atoms with van der Waals surface area (Å²) in [5.74, 6) is 0.882. The number of aryl methyl sites for hydroxylation is 1. The molecule has 0 aromatic heterocycles. The average Bonchev–Trinajstić information content (AvgIpc) is 2.69. The van der Waals surface area contributed by atoms with Gasteiger partial charge in [0.15, 0.2) is 0 Å². The molecule has 1 aliphatic rings. The van der Waals surface area contributed by atoms with E-state index in [1.165, 1.54) is 55.2 Å². The molecule has 0 unspecified atom stereocenters. The van der Waals surface area contributed by atoms with Gasteiger partial charge in [-0.15, -0.1) is 0 Å². The summed E-state index contributed by atoms with van der Waals surface area (Å²) >= 11 is 0. The van der Waals surface area contributed by atoms with Crippen LogP contribution in [0.1, 0.15) is 62.1 Å². The average molecular weight is 259 g/mol. The molecule has 1 nitrogen and oxygen atoms in total. The molecule has 1 N–H and O–H groups in total. The molecule has 1 atom stereocenters. The lowest BCUT2D eigenvalue weighted by molar-refractivity contribution is 0.336. The van der Waals surface area contributed by atoms with Crippen LogP contribution in [0.2, 0.25) is 0 Å². The molecule has 0 saturated heterocycles. The molecular weight excluding hydrogens is 230 g/mol. The Labute approximate surface area is 118 Å². The molecule has 0 spiro atoms. The Kier molecular flexibility index (Phi) is 5.45. The van der Waals surface area contributed by atoms with Crippen molar-refractivity contribution in [3.63, 3.8) is 0 Å². The number of hydrogen-bond acceptors (Lipinski definition) is 1. The maximum Gasteiger partial charge on any atom is 0.0210 e. The van der Waals surface area contributed by atoms with Crippen molar-refractivity contribution >= 4 is 0 Å². The van der Waals surface area contributed by atoms with E-state index in [1.54, 1.807) is 0 Å². The first-order valence-electron chi connectivity index (χ1n) is 7.97. The van der Waals surface area contributed by atoms with Gasteiger partial charge in [0.05, 0.1) is 0 Å². The predicted molar refractivity (Wildman–Crippen MR) is 83.4 cm³/mol. The van der Waals surface area contributed by atoms with Gasteiger partial charge in [-0.05, 0) is 56.2 Å². The van der Waals surface area contributed by atoms with Crippen LogP contribution in [0.4, 0.5) is 0 Å². The topological polar surface area (TPSA) is 12.0 Å².